The van der Waals surface area contributed by atoms with Crippen LogP contribution in [0.15, 0.2) is 35.5 Å². The molecule has 1 unspecified atom stereocenters. The predicted molar refractivity (Wildman–Crippen MR) is 148 cm³/mol. The molecule has 8 nitrogen and oxygen atoms in total. The minimum absolute atomic E-state index is 0.231. The molecule has 37 heavy (non-hydrogen) atoms. The molecule has 0 saturated carbocycles. The Labute approximate surface area is 228 Å². The van der Waals surface area contributed by atoms with Gasteiger partial charge in [0.05, 0.1) is 16.9 Å². The van der Waals surface area contributed by atoms with Crippen LogP contribution in [-0.4, -0.2) is 72.6 Å². The quantitative estimate of drug-likeness (QED) is 0.238. The number of nitrogens with zero attached hydrogens (tertiary/aromatic N) is 6. The minimum Gasteiger partial charge on any atom is -0.353 e. The van der Waals surface area contributed by atoms with Crippen LogP contribution in [0.1, 0.15) is 31.7 Å². The van der Waals surface area contributed by atoms with Gasteiger partial charge in [-0.3, -0.25) is 20.1 Å². The second-order valence-electron chi connectivity index (χ2n) is 9.45. The van der Waals surface area contributed by atoms with Crippen molar-refractivity contribution in [3.8, 4) is 6.19 Å². The number of benzene rings is 1. The number of halogens is 3. The number of aliphatic imine (C=N–C) groups is 1. The van der Waals surface area contributed by atoms with Crippen LogP contribution in [0.4, 0.5) is 15.9 Å². The van der Waals surface area contributed by atoms with Crippen molar-refractivity contribution in [2.75, 3.05) is 50.0 Å². The van der Waals surface area contributed by atoms with E-state index in [0.29, 0.717) is 45.9 Å². The highest BCUT2D eigenvalue weighted by atomic mass is 35.5. The Bertz CT molecular complexity index is 1150. The van der Waals surface area contributed by atoms with E-state index in [1.807, 2.05) is 6.19 Å². The number of hydrogen-bond acceptors (Lipinski definition) is 6. The molecule has 1 atom stereocenters. The molecular weight excluding hydrogens is 514 g/mol. The van der Waals surface area contributed by atoms with Gasteiger partial charge in [0.25, 0.3) is 0 Å². The van der Waals surface area contributed by atoms with E-state index in [0.717, 1.165) is 57.8 Å². The maximum Gasteiger partial charge on any atom is 0.208 e. The van der Waals surface area contributed by atoms with Crippen LogP contribution >= 0.6 is 23.2 Å². The number of nitrogens with one attached hydrogen (secondary N) is 2. The standard InChI is InChI=1S/C26H33Cl2FN8/c1-3-21-16-36(25-23(28)13-20(14-32-25)34-26(31-2)33-17-30)10-11-37(21)22-6-8-35(9-7-22)15-18-4-5-19(27)12-24(18)29/h4-5,12-14,21-22H,3,6-11,15-16H2,1-2H3,(H2,31,33,34). The first kappa shape index (κ1) is 27.4. The van der Waals surface area contributed by atoms with Gasteiger partial charge < -0.3 is 10.2 Å². The van der Waals surface area contributed by atoms with Gasteiger partial charge in [0, 0.05) is 55.9 Å². The Balaban J connectivity index is 1.33. The highest BCUT2D eigenvalue weighted by Gasteiger charge is 2.34. The van der Waals surface area contributed by atoms with Gasteiger partial charge >= 0.3 is 0 Å². The van der Waals surface area contributed by atoms with Crippen molar-refractivity contribution < 1.29 is 4.39 Å². The number of hydrogen-bond donors (Lipinski definition) is 2. The van der Waals surface area contributed by atoms with Gasteiger partial charge in [0.2, 0.25) is 5.96 Å². The molecule has 11 heteroatoms. The van der Waals surface area contributed by atoms with Crippen molar-refractivity contribution in [3.63, 3.8) is 0 Å². The third-order valence-corrected chi connectivity index (χ3v) is 7.73. The number of nitriles is 1. The lowest BCUT2D eigenvalue weighted by atomic mass is 9.97. The number of rotatable bonds is 6. The van der Waals surface area contributed by atoms with Crippen molar-refractivity contribution in [2.24, 2.45) is 4.99 Å². The van der Waals surface area contributed by atoms with Crippen molar-refractivity contribution in [2.45, 2.75) is 44.8 Å². The summed E-state index contributed by atoms with van der Waals surface area (Å²) in [5, 5.41) is 15.3. The Kier molecular flexibility index (Phi) is 9.43. The van der Waals surface area contributed by atoms with E-state index in [1.54, 1.807) is 31.4 Å². The normalized spacial score (nSPS) is 20.1. The molecule has 2 fully saturated rings. The lowest BCUT2D eigenvalue weighted by Gasteiger charge is -2.47. The van der Waals surface area contributed by atoms with E-state index in [1.165, 1.54) is 6.07 Å². The first-order valence-electron chi connectivity index (χ1n) is 12.6. The average molecular weight is 548 g/mol. The summed E-state index contributed by atoms with van der Waals surface area (Å²) in [6, 6.07) is 7.67. The number of pyridine rings is 1. The number of guanidine groups is 1. The van der Waals surface area contributed by atoms with Crippen LogP contribution in [-0.2, 0) is 6.54 Å². The lowest BCUT2D eigenvalue weighted by Crippen LogP contribution is -2.58. The number of piperazine rings is 1. The van der Waals surface area contributed by atoms with Gasteiger partial charge in [-0.05, 0) is 50.6 Å². The second-order valence-corrected chi connectivity index (χ2v) is 10.3. The zero-order valence-corrected chi connectivity index (χ0v) is 22.7. The monoisotopic (exact) mass is 546 g/mol. The van der Waals surface area contributed by atoms with Crippen molar-refractivity contribution in [1.29, 1.82) is 5.26 Å². The van der Waals surface area contributed by atoms with E-state index in [9.17, 15) is 4.39 Å². The molecule has 1 aromatic heterocycles. The first-order valence-corrected chi connectivity index (χ1v) is 13.4. The van der Waals surface area contributed by atoms with Crippen molar-refractivity contribution >= 4 is 40.7 Å². The highest BCUT2D eigenvalue weighted by molar-refractivity contribution is 6.33. The van der Waals surface area contributed by atoms with E-state index in [4.69, 9.17) is 28.5 Å². The molecule has 0 amide bonds. The maximum atomic E-state index is 14.2. The zero-order chi connectivity index (χ0) is 26.4. The number of anilines is 2. The Morgan fingerprint density at radius 2 is 2.00 bits per heavy atom. The average Bonchev–Trinajstić information content (AvgIpc) is 2.90. The lowest BCUT2D eigenvalue weighted by molar-refractivity contribution is 0.0607. The molecule has 1 aromatic carbocycles. The molecule has 0 bridgehead atoms. The molecule has 0 aliphatic carbocycles. The predicted octanol–water partition coefficient (Wildman–Crippen LogP) is 4.56. The summed E-state index contributed by atoms with van der Waals surface area (Å²) < 4.78 is 14.2. The van der Waals surface area contributed by atoms with E-state index in [2.05, 4.69) is 42.2 Å². The fourth-order valence-electron chi connectivity index (χ4n) is 5.27. The summed E-state index contributed by atoms with van der Waals surface area (Å²) in [6.45, 7) is 7.42. The first-order chi connectivity index (χ1) is 17.9. The van der Waals surface area contributed by atoms with Crippen LogP contribution in [0.3, 0.4) is 0 Å². The molecule has 198 valence electrons. The summed E-state index contributed by atoms with van der Waals surface area (Å²) in [6.07, 6.45) is 6.74. The molecule has 2 aliphatic rings. The maximum absolute atomic E-state index is 14.2. The largest absolute Gasteiger partial charge is 0.353 e. The van der Waals surface area contributed by atoms with Gasteiger partial charge in [0.1, 0.15) is 11.6 Å². The molecule has 0 spiro atoms. The van der Waals surface area contributed by atoms with Gasteiger partial charge in [-0.2, -0.15) is 5.26 Å². The van der Waals surface area contributed by atoms with E-state index >= 15 is 0 Å². The highest BCUT2D eigenvalue weighted by Crippen LogP contribution is 2.31. The van der Waals surface area contributed by atoms with Crippen LogP contribution in [0, 0.1) is 17.3 Å². The number of piperidine rings is 1. The molecular formula is C26H33Cl2FN8. The van der Waals surface area contributed by atoms with Crippen LogP contribution in [0.2, 0.25) is 10.0 Å². The zero-order valence-electron chi connectivity index (χ0n) is 21.2. The van der Waals surface area contributed by atoms with Crippen LogP contribution < -0.4 is 15.5 Å². The number of likely N-dealkylation sites (tertiary alicyclic amines) is 1. The molecule has 2 N–H and O–H groups in total. The molecule has 3 heterocycles. The number of aromatic nitrogens is 1. The fourth-order valence-corrected chi connectivity index (χ4v) is 5.72. The van der Waals surface area contributed by atoms with Crippen LogP contribution in [0.5, 0.6) is 0 Å². The second kappa shape index (κ2) is 12.7. The van der Waals surface area contributed by atoms with Crippen LogP contribution in [0.25, 0.3) is 0 Å². The van der Waals surface area contributed by atoms with Gasteiger partial charge in [-0.1, -0.05) is 36.2 Å². The summed E-state index contributed by atoms with van der Waals surface area (Å²) in [5.74, 6) is 0.871. The molecule has 2 aromatic rings. The smallest absolute Gasteiger partial charge is 0.208 e. The Morgan fingerprint density at radius 3 is 2.65 bits per heavy atom. The topological polar surface area (TPSA) is 82.8 Å². The van der Waals surface area contributed by atoms with E-state index < -0.39 is 0 Å². The third-order valence-electron chi connectivity index (χ3n) is 7.22. The molecule has 2 saturated heterocycles. The van der Waals surface area contributed by atoms with Gasteiger partial charge in [-0.25, -0.2) is 9.37 Å². The van der Waals surface area contributed by atoms with Gasteiger partial charge in [0.15, 0.2) is 6.19 Å². The molecule has 0 radical (unpaired) electrons. The van der Waals surface area contributed by atoms with Crippen molar-refractivity contribution in [1.82, 2.24) is 20.1 Å². The Hall–Kier alpha value is -2.64. The molecule has 2 aliphatic heterocycles. The summed E-state index contributed by atoms with van der Waals surface area (Å²) in [5.41, 5.74) is 1.36. The SMILES string of the molecule is CCC1CN(c2ncc(NC(=NC)NC#N)cc2Cl)CCN1C1CCN(Cc2ccc(Cl)cc2F)CC1. The minimum atomic E-state index is -0.231. The summed E-state index contributed by atoms with van der Waals surface area (Å²) in [4.78, 5) is 15.8. The Morgan fingerprint density at radius 1 is 1.22 bits per heavy atom. The fraction of sp³-hybridized carbons (Fsp3) is 0.500. The van der Waals surface area contributed by atoms with Crippen molar-refractivity contribution in [3.05, 3.63) is 51.9 Å². The molecule has 4 rings (SSSR count). The summed E-state index contributed by atoms with van der Waals surface area (Å²) >= 11 is 12.5. The van der Waals surface area contributed by atoms with E-state index in [-0.39, 0.29) is 5.82 Å². The third kappa shape index (κ3) is 6.82. The summed E-state index contributed by atoms with van der Waals surface area (Å²) in [7, 11) is 1.59. The van der Waals surface area contributed by atoms with Gasteiger partial charge in [-0.15, -0.1) is 0 Å².